The fraction of sp³-hybridized carbons (Fsp3) is 0. The minimum atomic E-state index is 0.704. The number of hydrogen-bond acceptors (Lipinski definition) is 2. The van der Waals surface area contributed by atoms with Gasteiger partial charge in [-0.3, -0.25) is 0 Å². The van der Waals surface area contributed by atoms with Crippen LogP contribution in [0.4, 0.5) is 0 Å². The zero-order valence-electron chi connectivity index (χ0n) is 10.0. The van der Waals surface area contributed by atoms with Crippen molar-refractivity contribution in [1.29, 1.82) is 0 Å². The van der Waals surface area contributed by atoms with Gasteiger partial charge in [-0.2, -0.15) is 5.10 Å². The van der Waals surface area contributed by atoms with E-state index in [2.05, 4.69) is 21.0 Å². The summed E-state index contributed by atoms with van der Waals surface area (Å²) in [6.45, 7) is 0. The molecule has 0 aliphatic carbocycles. The van der Waals surface area contributed by atoms with E-state index in [9.17, 15) is 0 Å². The fourth-order valence-electron chi connectivity index (χ4n) is 1.74. The molecule has 3 nitrogen and oxygen atoms in total. The maximum atomic E-state index is 5.78. The Labute approximate surface area is 119 Å². The van der Waals surface area contributed by atoms with E-state index >= 15 is 0 Å². The number of rotatable bonds is 3. The molecular formula is C15H11BrN2O. The normalized spacial score (nSPS) is 10.4. The van der Waals surface area contributed by atoms with Gasteiger partial charge in [-0.25, -0.2) is 4.68 Å². The smallest absolute Gasteiger partial charge is 0.165 e. The van der Waals surface area contributed by atoms with Crippen molar-refractivity contribution in [3.8, 4) is 17.2 Å². The Hall–Kier alpha value is -2.07. The summed E-state index contributed by atoms with van der Waals surface area (Å²) >= 11 is 3.45. The molecule has 3 aromatic rings. The Kier molecular flexibility index (Phi) is 3.33. The van der Waals surface area contributed by atoms with Crippen molar-refractivity contribution in [3.63, 3.8) is 0 Å². The van der Waals surface area contributed by atoms with Crippen molar-refractivity contribution in [2.75, 3.05) is 0 Å². The van der Waals surface area contributed by atoms with Crippen LogP contribution in [0.5, 0.6) is 11.5 Å². The molecule has 0 N–H and O–H groups in total. The minimum Gasteiger partial charge on any atom is -0.453 e. The van der Waals surface area contributed by atoms with Crippen molar-refractivity contribution < 1.29 is 4.74 Å². The Balaban J connectivity index is 1.85. The first kappa shape index (κ1) is 12.0. The first-order valence-electron chi connectivity index (χ1n) is 5.85. The Morgan fingerprint density at radius 3 is 2.47 bits per heavy atom. The Morgan fingerprint density at radius 1 is 0.947 bits per heavy atom. The van der Waals surface area contributed by atoms with E-state index in [4.69, 9.17) is 4.74 Å². The van der Waals surface area contributed by atoms with Crippen LogP contribution in [0.3, 0.4) is 0 Å². The standard InChI is InChI=1S/C15H11BrN2O/c16-14-8-4-5-9-15(14)19-13-10-17-18(11-13)12-6-2-1-3-7-12/h1-11H. The summed E-state index contributed by atoms with van der Waals surface area (Å²) in [5, 5.41) is 4.29. The van der Waals surface area contributed by atoms with Gasteiger partial charge in [-0.15, -0.1) is 0 Å². The van der Waals surface area contributed by atoms with Crippen molar-refractivity contribution in [3.05, 3.63) is 71.5 Å². The van der Waals surface area contributed by atoms with Gasteiger partial charge >= 0.3 is 0 Å². The minimum absolute atomic E-state index is 0.704. The number of halogens is 1. The molecule has 0 bridgehead atoms. The molecule has 0 spiro atoms. The molecule has 1 aromatic heterocycles. The molecule has 0 aliphatic rings. The second kappa shape index (κ2) is 5.28. The second-order valence-electron chi connectivity index (χ2n) is 3.99. The van der Waals surface area contributed by atoms with E-state index in [1.165, 1.54) is 0 Å². The van der Waals surface area contributed by atoms with Crippen molar-refractivity contribution in [1.82, 2.24) is 9.78 Å². The molecular weight excluding hydrogens is 304 g/mol. The zero-order valence-corrected chi connectivity index (χ0v) is 11.6. The van der Waals surface area contributed by atoms with Gasteiger partial charge < -0.3 is 4.74 Å². The molecule has 1 heterocycles. The third kappa shape index (κ3) is 2.69. The van der Waals surface area contributed by atoms with Gasteiger partial charge in [-0.05, 0) is 40.2 Å². The molecule has 0 unspecified atom stereocenters. The first-order valence-corrected chi connectivity index (χ1v) is 6.65. The van der Waals surface area contributed by atoms with Crippen LogP contribution in [0.2, 0.25) is 0 Å². The topological polar surface area (TPSA) is 27.1 Å². The summed E-state index contributed by atoms with van der Waals surface area (Å²) in [5.74, 6) is 1.48. The van der Waals surface area contributed by atoms with Crippen LogP contribution in [0.1, 0.15) is 0 Å². The van der Waals surface area contributed by atoms with Gasteiger partial charge in [0, 0.05) is 0 Å². The van der Waals surface area contributed by atoms with Crippen molar-refractivity contribution in [2.24, 2.45) is 0 Å². The average molecular weight is 315 g/mol. The molecule has 0 radical (unpaired) electrons. The molecule has 0 aliphatic heterocycles. The highest BCUT2D eigenvalue weighted by molar-refractivity contribution is 9.10. The number of benzene rings is 2. The van der Waals surface area contributed by atoms with Crippen molar-refractivity contribution in [2.45, 2.75) is 0 Å². The first-order chi connectivity index (χ1) is 9.33. The summed E-state index contributed by atoms with van der Waals surface area (Å²) < 4.78 is 8.48. The van der Waals surface area contributed by atoms with Crippen LogP contribution in [0, 0.1) is 0 Å². The summed E-state index contributed by atoms with van der Waals surface area (Å²) in [5.41, 5.74) is 1.00. The lowest BCUT2D eigenvalue weighted by Gasteiger charge is -2.04. The second-order valence-corrected chi connectivity index (χ2v) is 4.84. The summed E-state index contributed by atoms with van der Waals surface area (Å²) in [6.07, 6.45) is 3.56. The lowest BCUT2D eigenvalue weighted by atomic mass is 10.3. The number of hydrogen-bond donors (Lipinski definition) is 0. The van der Waals surface area contributed by atoms with Crippen LogP contribution in [-0.4, -0.2) is 9.78 Å². The van der Waals surface area contributed by atoms with E-state index < -0.39 is 0 Å². The molecule has 19 heavy (non-hydrogen) atoms. The molecule has 4 heteroatoms. The molecule has 0 amide bonds. The van der Waals surface area contributed by atoms with E-state index in [1.54, 1.807) is 10.9 Å². The van der Waals surface area contributed by atoms with Gasteiger partial charge in [0.05, 0.1) is 22.6 Å². The summed E-state index contributed by atoms with van der Waals surface area (Å²) in [6, 6.07) is 17.7. The zero-order chi connectivity index (χ0) is 13.1. The molecule has 0 saturated carbocycles. The predicted molar refractivity (Wildman–Crippen MR) is 77.8 cm³/mol. The van der Waals surface area contributed by atoms with Gasteiger partial charge in [0.1, 0.15) is 5.75 Å². The van der Waals surface area contributed by atoms with E-state index in [0.29, 0.717) is 5.75 Å². The maximum absolute atomic E-state index is 5.78. The third-order valence-electron chi connectivity index (χ3n) is 2.64. The highest BCUT2D eigenvalue weighted by Crippen LogP contribution is 2.29. The van der Waals surface area contributed by atoms with Gasteiger partial charge in [0.25, 0.3) is 0 Å². The molecule has 0 atom stereocenters. The Morgan fingerprint density at radius 2 is 1.68 bits per heavy atom. The van der Waals surface area contributed by atoms with Crippen LogP contribution in [0.15, 0.2) is 71.5 Å². The maximum Gasteiger partial charge on any atom is 0.165 e. The number of nitrogens with zero attached hydrogens (tertiary/aromatic N) is 2. The fourth-order valence-corrected chi connectivity index (χ4v) is 2.10. The van der Waals surface area contributed by atoms with Crippen molar-refractivity contribution >= 4 is 15.9 Å². The Bertz CT molecular complexity index is 679. The third-order valence-corrected chi connectivity index (χ3v) is 3.30. The van der Waals surface area contributed by atoms with Crippen LogP contribution < -0.4 is 4.74 Å². The van der Waals surface area contributed by atoms with Gasteiger partial charge in [-0.1, -0.05) is 30.3 Å². The SMILES string of the molecule is Brc1ccccc1Oc1cnn(-c2ccccc2)c1. The van der Waals surface area contributed by atoms with Gasteiger partial charge in [0.15, 0.2) is 5.75 Å². The highest BCUT2D eigenvalue weighted by Gasteiger charge is 2.05. The molecule has 2 aromatic carbocycles. The van der Waals surface area contributed by atoms with E-state index in [-0.39, 0.29) is 0 Å². The lowest BCUT2D eigenvalue weighted by Crippen LogP contribution is -1.92. The average Bonchev–Trinajstić information content (AvgIpc) is 2.91. The summed E-state index contributed by atoms with van der Waals surface area (Å²) in [7, 11) is 0. The van der Waals surface area contributed by atoms with E-state index in [0.717, 1.165) is 15.9 Å². The lowest BCUT2D eigenvalue weighted by molar-refractivity contribution is 0.479. The number of para-hydroxylation sites is 2. The predicted octanol–water partition coefficient (Wildman–Crippen LogP) is 4.43. The molecule has 0 saturated heterocycles. The number of aromatic nitrogens is 2. The summed E-state index contributed by atoms with van der Waals surface area (Å²) in [4.78, 5) is 0. The molecule has 0 fully saturated rings. The van der Waals surface area contributed by atoms with Crippen LogP contribution >= 0.6 is 15.9 Å². The highest BCUT2D eigenvalue weighted by atomic mass is 79.9. The molecule has 94 valence electrons. The van der Waals surface area contributed by atoms with Crippen LogP contribution in [0.25, 0.3) is 5.69 Å². The quantitative estimate of drug-likeness (QED) is 0.715. The van der Waals surface area contributed by atoms with Crippen LogP contribution in [-0.2, 0) is 0 Å². The molecule has 3 rings (SSSR count). The largest absolute Gasteiger partial charge is 0.453 e. The van der Waals surface area contributed by atoms with Gasteiger partial charge in [0.2, 0.25) is 0 Å². The number of ether oxygens (including phenoxy) is 1. The monoisotopic (exact) mass is 314 g/mol. The van der Waals surface area contributed by atoms with E-state index in [1.807, 2.05) is 60.8 Å².